The van der Waals surface area contributed by atoms with Gasteiger partial charge in [0.2, 0.25) is 0 Å². The van der Waals surface area contributed by atoms with E-state index in [1.807, 2.05) is 0 Å². The Morgan fingerprint density at radius 2 is 2.29 bits per heavy atom. The second-order valence-electron chi connectivity index (χ2n) is 3.00. The number of nitriles is 1. The van der Waals surface area contributed by atoms with Crippen molar-refractivity contribution in [3.8, 4) is 6.07 Å². The quantitative estimate of drug-likeness (QED) is 0.732. The Morgan fingerprint density at radius 3 is 2.93 bits per heavy atom. The predicted molar refractivity (Wildman–Crippen MR) is 50.0 cm³/mol. The fourth-order valence-electron chi connectivity index (χ4n) is 1.15. The number of halogens is 1. The highest BCUT2D eigenvalue weighted by Crippen LogP contribution is 2.06. The molecule has 14 heavy (non-hydrogen) atoms. The van der Waals surface area contributed by atoms with Crippen LogP contribution < -0.4 is 0 Å². The maximum atomic E-state index is 12.7. The Hall–Kier alpha value is -1.69. The molecule has 1 rings (SSSR count). The van der Waals surface area contributed by atoms with Gasteiger partial charge in [-0.15, -0.1) is 0 Å². The van der Waals surface area contributed by atoms with Crippen LogP contribution in [0.4, 0.5) is 4.39 Å². The molecule has 1 aromatic rings. The van der Waals surface area contributed by atoms with Gasteiger partial charge in [0.1, 0.15) is 11.6 Å². The van der Waals surface area contributed by atoms with Gasteiger partial charge in [-0.1, -0.05) is 12.1 Å². The van der Waals surface area contributed by atoms with E-state index in [1.165, 1.54) is 12.1 Å². The lowest BCUT2D eigenvalue weighted by Crippen LogP contribution is -1.98. The zero-order valence-electron chi connectivity index (χ0n) is 7.66. The topological polar surface area (TPSA) is 40.9 Å². The lowest BCUT2D eigenvalue weighted by atomic mass is 10.1. The summed E-state index contributed by atoms with van der Waals surface area (Å²) < 4.78 is 12.7. The Morgan fingerprint density at radius 1 is 1.50 bits per heavy atom. The number of carbonyl (C=O) groups excluding carboxylic acids is 1. The fourth-order valence-corrected chi connectivity index (χ4v) is 1.15. The molecule has 0 saturated heterocycles. The van der Waals surface area contributed by atoms with E-state index in [0.717, 1.165) is 5.56 Å². The molecule has 0 aliphatic carbocycles. The molecule has 0 N–H and O–H groups in total. The molecule has 3 heteroatoms. The Balaban J connectivity index is 2.46. The number of nitrogens with zero attached hydrogens (tertiary/aromatic N) is 1. The third kappa shape index (κ3) is 3.36. The molecule has 0 aliphatic heterocycles. The number of rotatable bonds is 4. The first-order valence-electron chi connectivity index (χ1n) is 4.35. The van der Waals surface area contributed by atoms with Crippen LogP contribution in [0.25, 0.3) is 0 Å². The molecule has 0 amide bonds. The average Bonchev–Trinajstić information content (AvgIpc) is 2.15. The molecule has 0 radical (unpaired) electrons. The Kier molecular flexibility index (Phi) is 3.81. The van der Waals surface area contributed by atoms with E-state index >= 15 is 0 Å². The van der Waals surface area contributed by atoms with Gasteiger partial charge < -0.3 is 0 Å². The number of benzene rings is 1. The summed E-state index contributed by atoms with van der Waals surface area (Å²) in [5, 5.41) is 8.25. The van der Waals surface area contributed by atoms with Crippen molar-refractivity contribution in [2.45, 2.75) is 19.3 Å². The van der Waals surface area contributed by atoms with Crippen molar-refractivity contribution in [1.29, 1.82) is 5.26 Å². The minimum atomic E-state index is -0.296. The average molecular weight is 191 g/mol. The van der Waals surface area contributed by atoms with Crippen LogP contribution in [0.5, 0.6) is 0 Å². The fraction of sp³-hybridized carbons (Fsp3) is 0.273. The molecular weight excluding hydrogens is 181 g/mol. The maximum Gasteiger partial charge on any atom is 0.147 e. The highest BCUT2D eigenvalue weighted by Gasteiger charge is 2.02. The van der Waals surface area contributed by atoms with Gasteiger partial charge in [0.05, 0.1) is 12.5 Å². The number of hydrogen-bond acceptors (Lipinski definition) is 2. The highest BCUT2D eigenvalue weighted by atomic mass is 19.1. The molecule has 72 valence electrons. The molecular formula is C11H10FNO. The highest BCUT2D eigenvalue weighted by molar-refractivity contribution is 5.80. The molecule has 0 saturated carbocycles. The van der Waals surface area contributed by atoms with Crippen molar-refractivity contribution in [2.75, 3.05) is 0 Å². The van der Waals surface area contributed by atoms with Gasteiger partial charge in [-0.3, -0.25) is 4.79 Å². The van der Waals surface area contributed by atoms with Gasteiger partial charge >= 0.3 is 0 Å². The lowest BCUT2D eigenvalue weighted by molar-refractivity contribution is -0.118. The summed E-state index contributed by atoms with van der Waals surface area (Å²) in [6, 6.07) is 7.93. The van der Waals surface area contributed by atoms with Crippen molar-refractivity contribution in [2.24, 2.45) is 0 Å². The van der Waals surface area contributed by atoms with Crippen LogP contribution in [0, 0.1) is 17.1 Å². The van der Waals surface area contributed by atoms with Crippen LogP contribution in [0.2, 0.25) is 0 Å². The van der Waals surface area contributed by atoms with Crippen LogP contribution >= 0.6 is 0 Å². The molecule has 0 aromatic heterocycles. The van der Waals surface area contributed by atoms with E-state index in [1.54, 1.807) is 18.2 Å². The molecule has 0 bridgehead atoms. The van der Waals surface area contributed by atoms with Crippen LogP contribution in [0.3, 0.4) is 0 Å². The summed E-state index contributed by atoms with van der Waals surface area (Å²) in [5.41, 5.74) is 0.788. The molecule has 0 unspecified atom stereocenters. The van der Waals surface area contributed by atoms with E-state index in [-0.39, 0.29) is 18.0 Å². The molecule has 2 nitrogen and oxygen atoms in total. The van der Waals surface area contributed by atoms with E-state index in [2.05, 4.69) is 0 Å². The van der Waals surface area contributed by atoms with Gasteiger partial charge in [0, 0.05) is 6.42 Å². The second kappa shape index (κ2) is 5.13. The molecule has 0 aliphatic rings. The van der Waals surface area contributed by atoms with Gasteiger partial charge in [-0.2, -0.15) is 5.26 Å². The van der Waals surface area contributed by atoms with Gasteiger partial charge in [0.15, 0.2) is 0 Å². The van der Waals surface area contributed by atoms with Gasteiger partial charge in [-0.05, 0) is 24.1 Å². The van der Waals surface area contributed by atoms with Crippen molar-refractivity contribution < 1.29 is 9.18 Å². The summed E-state index contributed by atoms with van der Waals surface area (Å²) in [5.74, 6) is -0.396. The number of carbonyl (C=O) groups is 1. The van der Waals surface area contributed by atoms with Gasteiger partial charge in [0.25, 0.3) is 0 Å². The minimum absolute atomic E-state index is 0.0602. The SMILES string of the molecule is N#CCC(=O)CCc1cccc(F)c1. The maximum absolute atomic E-state index is 12.7. The zero-order chi connectivity index (χ0) is 10.4. The standard InChI is InChI=1S/C11H10FNO/c12-10-3-1-2-9(8-10)4-5-11(14)6-7-13/h1-3,8H,4-6H2. The van der Waals surface area contributed by atoms with Crippen LogP contribution in [-0.4, -0.2) is 5.78 Å². The largest absolute Gasteiger partial charge is 0.299 e. The molecule has 0 fully saturated rings. The Bertz CT molecular complexity index is 368. The number of ketones is 1. The van der Waals surface area contributed by atoms with E-state index in [0.29, 0.717) is 12.8 Å². The molecule has 0 atom stereocenters. The lowest BCUT2D eigenvalue weighted by Gasteiger charge is -1.98. The zero-order valence-corrected chi connectivity index (χ0v) is 7.66. The van der Waals surface area contributed by atoms with Crippen LogP contribution in [0.15, 0.2) is 24.3 Å². The predicted octanol–water partition coefficient (Wildman–Crippen LogP) is 2.24. The van der Waals surface area contributed by atoms with Crippen LogP contribution in [0.1, 0.15) is 18.4 Å². The van der Waals surface area contributed by atoms with Gasteiger partial charge in [-0.25, -0.2) is 4.39 Å². The molecule has 0 spiro atoms. The first kappa shape index (κ1) is 10.4. The smallest absolute Gasteiger partial charge is 0.147 e. The summed E-state index contributed by atoms with van der Waals surface area (Å²) in [4.78, 5) is 11.0. The van der Waals surface area contributed by atoms with E-state index in [4.69, 9.17) is 5.26 Å². The number of hydrogen-bond donors (Lipinski definition) is 0. The summed E-state index contributed by atoms with van der Waals surface area (Å²) in [6.07, 6.45) is 0.741. The third-order valence-electron chi connectivity index (χ3n) is 1.86. The monoisotopic (exact) mass is 191 g/mol. The third-order valence-corrected chi connectivity index (χ3v) is 1.86. The summed E-state index contributed by atoms with van der Waals surface area (Å²) in [6.45, 7) is 0. The van der Waals surface area contributed by atoms with E-state index in [9.17, 15) is 9.18 Å². The van der Waals surface area contributed by atoms with Crippen molar-refractivity contribution in [1.82, 2.24) is 0 Å². The number of Topliss-reactive ketones (excluding diaryl/α,β-unsaturated/α-hetero) is 1. The van der Waals surface area contributed by atoms with E-state index < -0.39 is 0 Å². The minimum Gasteiger partial charge on any atom is -0.299 e. The first-order valence-corrected chi connectivity index (χ1v) is 4.35. The van der Waals surface area contributed by atoms with Crippen molar-refractivity contribution in [3.63, 3.8) is 0 Å². The van der Waals surface area contributed by atoms with Crippen molar-refractivity contribution >= 4 is 5.78 Å². The first-order chi connectivity index (χ1) is 6.72. The Labute approximate surface area is 82.0 Å². The van der Waals surface area contributed by atoms with Crippen LogP contribution in [-0.2, 0) is 11.2 Å². The summed E-state index contributed by atoms with van der Waals surface area (Å²) in [7, 11) is 0. The summed E-state index contributed by atoms with van der Waals surface area (Å²) >= 11 is 0. The second-order valence-corrected chi connectivity index (χ2v) is 3.00. The normalized spacial score (nSPS) is 9.43. The number of aryl methyl sites for hydroxylation is 1. The van der Waals surface area contributed by atoms with Crippen molar-refractivity contribution in [3.05, 3.63) is 35.6 Å². The molecule has 1 aromatic carbocycles. The molecule has 0 heterocycles.